The van der Waals surface area contributed by atoms with Gasteiger partial charge in [0.1, 0.15) is 17.8 Å². The molecule has 0 unspecified atom stereocenters. The average Bonchev–Trinajstić information content (AvgIpc) is 2.55. The standard InChI is InChI=1S/C16H17N3O5/c1-10-7-12(19(22)23)9-17-16(10)18-13-5-3-11(4-6-15(20)21)8-14(13)24-2/h3,5,7-9H,4,6H2,1-2H3,(H,17,18)(H,20,21). The van der Waals surface area contributed by atoms with Gasteiger partial charge in [-0.3, -0.25) is 14.9 Å². The summed E-state index contributed by atoms with van der Waals surface area (Å²) < 4.78 is 5.32. The number of hydrogen-bond acceptors (Lipinski definition) is 6. The number of ether oxygens (including phenoxy) is 1. The Morgan fingerprint density at radius 2 is 2.17 bits per heavy atom. The third-order valence-electron chi connectivity index (χ3n) is 3.42. The molecule has 0 atom stereocenters. The second kappa shape index (κ2) is 7.40. The minimum Gasteiger partial charge on any atom is -0.495 e. The normalized spacial score (nSPS) is 10.2. The molecule has 0 amide bonds. The summed E-state index contributed by atoms with van der Waals surface area (Å²) >= 11 is 0. The SMILES string of the molecule is COc1cc(CCC(=O)O)ccc1Nc1ncc([N+](=O)[O-])cc1C. The van der Waals surface area contributed by atoms with Crippen LogP contribution in [0.15, 0.2) is 30.5 Å². The number of anilines is 2. The lowest BCUT2D eigenvalue weighted by Crippen LogP contribution is -2.02. The fourth-order valence-electron chi connectivity index (χ4n) is 2.16. The van der Waals surface area contributed by atoms with Crippen LogP contribution in [0.2, 0.25) is 0 Å². The van der Waals surface area contributed by atoms with Gasteiger partial charge in [0.25, 0.3) is 5.69 Å². The van der Waals surface area contributed by atoms with E-state index in [-0.39, 0.29) is 12.1 Å². The van der Waals surface area contributed by atoms with Gasteiger partial charge in [-0.1, -0.05) is 6.07 Å². The molecular weight excluding hydrogens is 314 g/mol. The van der Waals surface area contributed by atoms with Crippen LogP contribution < -0.4 is 10.1 Å². The summed E-state index contributed by atoms with van der Waals surface area (Å²) in [6.45, 7) is 1.72. The Labute approximate surface area is 138 Å². The smallest absolute Gasteiger partial charge is 0.303 e. The highest BCUT2D eigenvalue weighted by Crippen LogP contribution is 2.30. The van der Waals surface area contributed by atoms with Crippen LogP contribution >= 0.6 is 0 Å². The van der Waals surface area contributed by atoms with E-state index in [1.165, 1.54) is 19.4 Å². The van der Waals surface area contributed by atoms with E-state index in [0.29, 0.717) is 29.2 Å². The third-order valence-corrected chi connectivity index (χ3v) is 3.42. The Kier molecular flexibility index (Phi) is 5.31. The van der Waals surface area contributed by atoms with Crippen molar-refractivity contribution in [3.63, 3.8) is 0 Å². The van der Waals surface area contributed by atoms with E-state index >= 15 is 0 Å². The number of rotatable bonds is 7. The maximum Gasteiger partial charge on any atom is 0.303 e. The predicted octanol–water partition coefficient (Wildman–Crippen LogP) is 3.07. The molecule has 0 saturated carbocycles. The maximum atomic E-state index is 10.8. The summed E-state index contributed by atoms with van der Waals surface area (Å²) in [5.41, 5.74) is 2.03. The number of nitrogens with one attached hydrogen (secondary N) is 1. The van der Waals surface area contributed by atoms with Crippen molar-refractivity contribution in [2.75, 3.05) is 12.4 Å². The predicted molar refractivity (Wildman–Crippen MR) is 87.9 cm³/mol. The van der Waals surface area contributed by atoms with E-state index in [4.69, 9.17) is 9.84 Å². The van der Waals surface area contributed by atoms with Crippen LogP contribution in [0, 0.1) is 17.0 Å². The summed E-state index contributed by atoms with van der Waals surface area (Å²) in [7, 11) is 1.51. The number of hydrogen-bond donors (Lipinski definition) is 2. The number of nitrogens with zero attached hydrogens (tertiary/aromatic N) is 2. The van der Waals surface area contributed by atoms with Gasteiger partial charge in [0.05, 0.1) is 17.7 Å². The summed E-state index contributed by atoms with van der Waals surface area (Å²) in [6.07, 6.45) is 1.63. The monoisotopic (exact) mass is 331 g/mol. The number of carboxylic acid groups (broad SMARTS) is 1. The molecule has 2 N–H and O–H groups in total. The Balaban J connectivity index is 2.23. The van der Waals surface area contributed by atoms with Crippen molar-refractivity contribution >= 4 is 23.2 Å². The first-order chi connectivity index (χ1) is 11.4. The zero-order chi connectivity index (χ0) is 17.7. The van der Waals surface area contributed by atoms with Crippen molar-refractivity contribution in [2.24, 2.45) is 0 Å². The highest BCUT2D eigenvalue weighted by atomic mass is 16.6. The minimum atomic E-state index is -0.859. The highest BCUT2D eigenvalue weighted by molar-refractivity contribution is 5.69. The van der Waals surface area contributed by atoms with Gasteiger partial charge >= 0.3 is 5.97 Å². The second-order valence-corrected chi connectivity index (χ2v) is 5.17. The molecular formula is C16H17N3O5. The van der Waals surface area contributed by atoms with E-state index in [2.05, 4.69) is 10.3 Å². The largest absolute Gasteiger partial charge is 0.495 e. The van der Waals surface area contributed by atoms with E-state index in [1.807, 2.05) is 0 Å². The van der Waals surface area contributed by atoms with E-state index in [9.17, 15) is 14.9 Å². The molecule has 0 bridgehead atoms. The lowest BCUT2D eigenvalue weighted by molar-refractivity contribution is -0.385. The Morgan fingerprint density at radius 3 is 2.75 bits per heavy atom. The highest BCUT2D eigenvalue weighted by Gasteiger charge is 2.12. The average molecular weight is 331 g/mol. The Bertz CT molecular complexity index is 776. The van der Waals surface area contributed by atoms with Gasteiger partial charge < -0.3 is 15.2 Å². The van der Waals surface area contributed by atoms with Crippen LogP contribution in [-0.2, 0) is 11.2 Å². The lowest BCUT2D eigenvalue weighted by atomic mass is 10.1. The number of aliphatic carboxylic acids is 1. The van der Waals surface area contributed by atoms with Crippen LogP contribution in [0.4, 0.5) is 17.2 Å². The first-order valence-corrected chi connectivity index (χ1v) is 7.17. The number of methoxy groups -OCH3 is 1. The number of aryl methyl sites for hydroxylation is 2. The molecule has 24 heavy (non-hydrogen) atoms. The number of nitro groups is 1. The van der Waals surface area contributed by atoms with E-state index in [0.717, 1.165) is 5.56 Å². The van der Waals surface area contributed by atoms with Crippen LogP contribution in [0.5, 0.6) is 5.75 Å². The van der Waals surface area contributed by atoms with Gasteiger partial charge in [-0.15, -0.1) is 0 Å². The number of carboxylic acids is 1. The van der Waals surface area contributed by atoms with Gasteiger partial charge in [-0.2, -0.15) is 0 Å². The molecule has 0 aliphatic rings. The van der Waals surface area contributed by atoms with E-state index in [1.54, 1.807) is 25.1 Å². The molecule has 8 nitrogen and oxygen atoms in total. The Hall–Kier alpha value is -3.16. The zero-order valence-corrected chi connectivity index (χ0v) is 13.3. The van der Waals surface area contributed by atoms with Gasteiger partial charge in [-0.25, -0.2) is 4.98 Å². The molecule has 0 saturated heterocycles. The number of aromatic nitrogens is 1. The molecule has 1 heterocycles. The number of pyridine rings is 1. The first kappa shape index (κ1) is 17.2. The number of benzene rings is 1. The van der Waals surface area contributed by atoms with Crippen molar-refractivity contribution < 1.29 is 19.6 Å². The lowest BCUT2D eigenvalue weighted by Gasteiger charge is -2.13. The fraction of sp³-hybridized carbons (Fsp3) is 0.250. The molecule has 2 aromatic rings. The summed E-state index contributed by atoms with van der Waals surface area (Å²) in [4.78, 5) is 25.0. The second-order valence-electron chi connectivity index (χ2n) is 5.17. The number of carbonyl (C=O) groups is 1. The van der Waals surface area contributed by atoms with Crippen LogP contribution in [-0.4, -0.2) is 28.1 Å². The first-order valence-electron chi connectivity index (χ1n) is 7.17. The molecule has 0 aliphatic heterocycles. The molecule has 0 fully saturated rings. The van der Waals surface area contributed by atoms with Crippen molar-refractivity contribution in [3.8, 4) is 5.75 Å². The molecule has 126 valence electrons. The molecule has 0 radical (unpaired) electrons. The van der Waals surface area contributed by atoms with Gasteiger partial charge in [0, 0.05) is 12.5 Å². The van der Waals surface area contributed by atoms with Crippen molar-refractivity contribution in [1.82, 2.24) is 4.98 Å². The van der Waals surface area contributed by atoms with Crippen LogP contribution in [0.1, 0.15) is 17.5 Å². The minimum absolute atomic E-state index is 0.0406. The zero-order valence-electron chi connectivity index (χ0n) is 13.3. The van der Waals surface area contributed by atoms with Crippen LogP contribution in [0.3, 0.4) is 0 Å². The van der Waals surface area contributed by atoms with Crippen LogP contribution in [0.25, 0.3) is 0 Å². The van der Waals surface area contributed by atoms with E-state index < -0.39 is 10.9 Å². The fourth-order valence-corrected chi connectivity index (χ4v) is 2.16. The molecule has 2 rings (SSSR count). The van der Waals surface area contributed by atoms with Crippen molar-refractivity contribution in [3.05, 3.63) is 51.7 Å². The summed E-state index contributed by atoms with van der Waals surface area (Å²) in [5.74, 6) is 0.163. The van der Waals surface area contributed by atoms with Crippen molar-refractivity contribution in [1.29, 1.82) is 0 Å². The summed E-state index contributed by atoms with van der Waals surface area (Å²) in [5, 5.41) is 22.6. The maximum absolute atomic E-state index is 10.8. The quantitative estimate of drug-likeness (QED) is 0.592. The topological polar surface area (TPSA) is 115 Å². The summed E-state index contributed by atoms with van der Waals surface area (Å²) in [6, 6.07) is 6.75. The molecule has 0 spiro atoms. The molecule has 1 aromatic carbocycles. The third kappa shape index (κ3) is 4.19. The van der Waals surface area contributed by atoms with Crippen molar-refractivity contribution in [2.45, 2.75) is 19.8 Å². The molecule has 8 heteroatoms. The molecule has 1 aromatic heterocycles. The molecule has 0 aliphatic carbocycles. The van der Waals surface area contributed by atoms with Gasteiger partial charge in [0.15, 0.2) is 0 Å². The van der Waals surface area contributed by atoms with Gasteiger partial charge in [0.2, 0.25) is 0 Å². The van der Waals surface area contributed by atoms with Gasteiger partial charge in [-0.05, 0) is 36.6 Å². The Morgan fingerprint density at radius 1 is 1.42 bits per heavy atom.